The Morgan fingerprint density at radius 2 is 2.18 bits per heavy atom. The van der Waals surface area contributed by atoms with Crippen LogP contribution < -0.4 is 5.32 Å². The van der Waals surface area contributed by atoms with E-state index in [0.29, 0.717) is 0 Å². The highest BCUT2D eigenvalue weighted by molar-refractivity contribution is 5.32. The SMILES string of the molecule is Cc1ccc2c(c1)CC[N]C2. The van der Waals surface area contributed by atoms with Gasteiger partial charge in [-0.25, -0.2) is 5.32 Å². The zero-order chi connectivity index (χ0) is 7.68. The maximum atomic E-state index is 4.35. The number of hydrogen-bond acceptors (Lipinski definition) is 0. The molecular formula is C10H12N. The summed E-state index contributed by atoms with van der Waals surface area (Å²) in [5.74, 6) is 0. The first-order valence-electron chi connectivity index (χ1n) is 4.08. The predicted octanol–water partition coefficient (Wildman–Crippen LogP) is 1.66. The molecule has 0 aliphatic carbocycles. The topological polar surface area (TPSA) is 14.1 Å². The summed E-state index contributed by atoms with van der Waals surface area (Å²) in [6.07, 6.45) is 1.14. The second-order valence-corrected chi connectivity index (χ2v) is 3.13. The largest absolute Gasteiger partial charge is 0.237 e. The highest BCUT2D eigenvalue weighted by atomic mass is 14.9. The number of fused-ring (bicyclic) bond motifs is 1. The van der Waals surface area contributed by atoms with Crippen molar-refractivity contribution in [2.24, 2.45) is 0 Å². The molecule has 1 radical (unpaired) electrons. The van der Waals surface area contributed by atoms with E-state index < -0.39 is 0 Å². The van der Waals surface area contributed by atoms with Crippen molar-refractivity contribution < 1.29 is 0 Å². The molecule has 0 bridgehead atoms. The molecule has 11 heavy (non-hydrogen) atoms. The van der Waals surface area contributed by atoms with Crippen LogP contribution in [0, 0.1) is 6.92 Å². The Morgan fingerprint density at radius 3 is 3.09 bits per heavy atom. The molecule has 0 spiro atoms. The third-order valence-corrected chi connectivity index (χ3v) is 2.18. The Bertz CT molecular complexity index is 266. The zero-order valence-electron chi connectivity index (χ0n) is 6.80. The first kappa shape index (κ1) is 6.86. The second kappa shape index (κ2) is 2.67. The average Bonchev–Trinajstić information content (AvgIpc) is 2.04. The Labute approximate surface area is 67.4 Å². The van der Waals surface area contributed by atoms with E-state index in [-0.39, 0.29) is 0 Å². The smallest absolute Gasteiger partial charge is 0.0387 e. The fraction of sp³-hybridized carbons (Fsp3) is 0.400. The van der Waals surface area contributed by atoms with Crippen LogP contribution in [0.3, 0.4) is 0 Å². The molecule has 0 atom stereocenters. The highest BCUT2D eigenvalue weighted by Gasteiger charge is 2.07. The molecule has 1 heteroatoms. The summed E-state index contributed by atoms with van der Waals surface area (Å²) in [4.78, 5) is 0. The average molecular weight is 146 g/mol. The molecule has 0 aromatic heterocycles. The van der Waals surface area contributed by atoms with Gasteiger partial charge in [0.05, 0.1) is 0 Å². The van der Waals surface area contributed by atoms with Crippen molar-refractivity contribution in [2.75, 3.05) is 6.54 Å². The molecule has 0 fully saturated rings. The van der Waals surface area contributed by atoms with Gasteiger partial charge in [0.1, 0.15) is 0 Å². The molecule has 0 unspecified atom stereocenters. The summed E-state index contributed by atoms with van der Waals surface area (Å²) in [6.45, 7) is 4.08. The van der Waals surface area contributed by atoms with Crippen LogP contribution in [0.15, 0.2) is 18.2 Å². The van der Waals surface area contributed by atoms with Crippen molar-refractivity contribution in [3.8, 4) is 0 Å². The van der Waals surface area contributed by atoms with Crippen LogP contribution >= 0.6 is 0 Å². The van der Waals surface area contributed by atoms with Gasteiger partial charge in [-0.1, -0.05) is 23.8 Å². The van der Waals surface area contributed by atoms with Gasteiger partial charge in [-0.05, 0) is 24.5 Å². The molecule has 0 amide bonds. The van der Waals surface area contributed by atoms with Crippen molar-refractivity contribution >= 4 is 0 Å². The van der Waals surface area contributed by atoms with Crippen molar-refractivity contribution in [1.82, 2.24) is 5.32 Å². The van der Waals surface area contributed by atoms with Crippen LogP contribution in [-0.2, 0) is 13.0 Å². The number of benzene rings is 1. The third kappa shape index (κ3) is 1.29. The molecule has 0 N–H and O–H groups in total. The van der Waals surface area contributed by atoms with Crippen molar-refractivity contribution in [2.45, 2.75) is 19.9 Å². The van der Waals surface area contributed by atoms with Gasteiger partial charge in [0, 0.05) is 13.1 Å². The molecule has 1 aliphatic rings. The summed E-state index contributed by atoms with van der Waals surface area (Å²) in [5.41, 5.74) is 4.28. The lowest BCUT2D eigenvalue weighted by atomic mass is 9.99. The molecular weight excluding hydrogens is 134 g/mol. The van der Waals surface area contributed by atoms with Crippen LogP contribution in [-0.4, -0.2) is 6.54 Å². The van der Waals surface area contributed by atoms with E-state index in [1.807, 2.05) is 0 Å². The van der Waals surface area contributed by atoms with Gasteiger partial charge in [0.25, 0.3) is 0 Å². The molecule has 1 aromatic carbocycles. The number of rotatable bonds is 0. The standard InChI is InChI=1S/C10H12N/c1-8-2-3-10-7-11-5-4-9(10)6-8/h2-3,6H,4-5,7H2,1H3. The quantitative estimate of drug-likeness (QED) is 0.528. The van der Waals surface area contributed by atoms with Crippen LogP contribution in [0.4, 0.5) is 0 Å². The van der Waals surface area contributed by atoms with Crippen molar-refractivity contribution in [3.05, 3.63) is 34.9 Å². The monoisotopic (exact) mass is 146 g/mol. The van der Waals surface area contributed by atoms with E-state index in [9.17, 15) is 0 Å². The van der Waals surface area contributed by atoms with Crippen LogP contribution in [0.25, 0.3) is 0 Å². The Balaban J connectivity index is 2.43. The zero-order valence-corrected chi connectivity index (χ0v) is 6.80. The number of aryl methyl sites for hydroxylation is 1. The van der Waals surface area contributed by atoms with E-state index in [2.05, 4.69) is 30.4 Å². The van der Waals surface area contributed by atoms with Gasteiger partial charge in [-0.2, -0.15) is 0 Å². The molecule has 1 heterocycles. The highest BCUT2D eigenvalue weighted by Crippen LogP contribution is 2.15. The Morgan fingerprint density at radius 1 is 1.27 bits per heavy atom. The van der Waals surface area contributed by atoms with E-state index in [1.54, 1.807) is 0 Å². The normalized spacial score (nSPS) is 16.1. The van der Waals surface area contributed by atoms with Crippen LogP contribution in [0.2, 0.25) is 0 Å². The molecule has 2 rings (SSSR count). The van der Waals surface area contributed by atoms with E-state index >= 15 is 0 Å². The Hall–Kier alpha value is -0.820. The first-order valence-corrected chi connectivity index (χ1v) is 4.08. The van der Waals surface area contributed by atoms with E-state index in [4.69, 9.17) is 0 Å². The molecule has 0 saturated heterocycles. The van der Waals surface area contributed by atoms with E-state index in [1.165, 1.54) is 16.7 Å². The summed E-state index contributed by atoms with van der Waals surface area (Å²) < 4.78 is 0. The van der Waals surface area contributed by atoms with Gasteiger partial charge in [0.15, 0.2) is 0 Å². The second-order valence-electron chi connectivity index (χ2n) is 3.13. The summed E-state index contributed by atoms with van der Waals surface area (Å²) in [7, 11) is 0. The summed E-state index contributed by atoms with van der Waals surface area (Å²) in [5, 5.41) is 4.35. The summed E-state index contributed by atoms with van der Waals surface area (Å²) in [6, 6.07) is 6.65. The molecule has 1 nitrogen and oxygen atoms in total. The maximum Gasteiger partial charge on any atom is 0.0387 e. The van der Waals surface area contributed by atoms with Crippen molar-refractivity contribution in [1.29, 1.82) is 0 Å². The fourth-order valence-corrected chi connectivity index (χ4v) is 1.54. The minimum atomic E-state index is 0.926. The third-order valence-electron chi connectivity index (χ3n) is 2.18. The predicted molar refractivity (Wildman–Crippen MR) is 45.6 cm³/mol. The first-order chi connectivity index (χ1) is 5.36. The maximum absolute atomic E-state index is 4.35. The lowest BCUT2D eigenvalue weighted by Gasteiger charge is -2.15. The van der Waals surface area contributed by atoms with Crippen LogP contribution in [0.1, 0.15) is 16.7 Å². The number of nitrogens with zero attached hydrogens (tertiary/aromatic N) is 1. The van der Waals surface area contributed by atoms with Gasteiger partial charge in [-0.3, -0.25) is 0 Å². The van der Waals surface area contributed by atoms with E-state index in [0.717, 1.165) is 19.5 Å². The van der Waals surface area contributed by atoms with Gasteiger partial charge >= 0.3 is 0 Å². The Kier molecular flexibility index (Phi) is 1.66. The van der Waals surface area contributed by atoms with Crippen LogP contribution in [0.5, 0.6) is 0 Å². The molecule has 57 valence electrons. The lowest BCUT2D eigenvalue weighted by molar-refractivity contribution is 0.629. The minimum absolute atomic E-state index is 0.926. The molecule has 0 saturated carbocycles. The van der Waals surface area contributed by atoms with Crippen molar-refractivity contribution in [3.63, 3.8) is 0 Å². The minimum Gasteiger partial charge on any atom is -0.237 e. The molecule has 1 aromatic rings. The molecule has 1 aliphatic heterocycles. The van der Waals surface area contributed by atoms with Gasteiger partial charge in [0.2, 0.25) is 0 Å². The lowest BCUT2D eigenvalue weighted by Crippen LogP contribution is -2.17. The van der Waals surface area contributed by atoms with Gasteiger partial charge < -0.3 is 0 Å². The number of hydrogen-bond donors (Lipinski definition) is 0. The van der Waals surface area contributed by atoms with Gasteiger partial charge in [-0.15, -0.1) is 0 Å². The fourth-order valence-electron chi connectivity index (χ4n) is 1.54. The summed E-state index contributed by atoms with van der Waals surface area (Å²) >= 11 is 0.